The van der Waals surface area contributed by atoms with Crippen LogP contribution >= 0.6 is 0 Å². The van der Waals surface area contributed by atoms with Crippen LogP contribution in [0.2, 0.25) is 0 Å². The number of hydrogen-bond donors (Lipinski definition) is 1. The number of benzene rings is 2. The zero-order chi connectivity index (χ0) is 19.7. The number of aromatic nitrogens is 4. The van der Waals surface area contributed by atoms with Crippen molar-refractivity contribution in [3.8, 4) is 17.4 Å². The third-order valence-corrected chi connectivity index (χ3v) is 4.12. The summed E-state index contributed by atoms with van der Waals surface area (Å²) < 4.78 is 7.29. The van der Waals surface area contributed by atoms with Crippen LogP contribution < -0.4 is 10.3 Å². The van der Waals surface area contributed by atoms with Gasteiger partial charge in [0.2, 0.25) is 0 Å². The third-order valence-electron chi connectivity index (χ3n) is 4.12. The van der Waals surface area contributed by atoms with Crippen LogP contribution in [0.15, 0.2) is 65.6 Å². The lowest BCUT2D eigenvalue weighted by Crippen LogP contribution is -2.21. The minimum Gasteiger partial charge on any atom is -0.426 e. The lowest BCUT2D eigenvalue weighted by Gasteiger charge is -2.11. The summed E-state index contributed by atoms with van der Waals surface area (Å²) in [5, 5.41) is 4.61. The molecule has 0 fully saturated rings. The van der Waals surface area contributed by atoms with Crippen molar-refractivity contribution in [2.45, 2.75) is 0 Å². The van der Waals surface area contributed by atoms with E-state index in [0.29, 0.717) is 22.3 Å². The summed E-state index contributed by atoms with van der Waals surface area (Å²) in [5.41, 5.74) is 1.27. The van der Waals surface area contributed by atoms with Crippen molar-refractivity contribution in [3.63, 3.8) is 0 Å². The molecule has 8 nitrogen and oxygen atoms in total. The molecule has 0 atom stereocenters. The Morgan fingerprint density at radius 1 is 1.11 bits per heavy atom. The molecule has 0 bridgehead atoms. The van der Waals surface area contributed by atoms with Crippen LogP contribution in [0.4, 0.5) is 0 Å². The van der Waals surface area contributed by atoms with Gasteiger partial charge in [-0.25, -0.2) is 4.68 Å². The summed E-state index contributed by atoms with van der Waals surface area (Å²) in [6, 6.07) is 16.1. The predicted octanol–water partition coefficient (Wildman–Crippen LogP) is 2.60. The van der Waals surface area contributed by atoms with E-state index >= 15 is 0 Å². The van der Waals surface area contributed by atoms with Crippen molar-refractivity contribution >= 4 is 16.9 Å². The first-order valence-corrected chi connectivity index (χ1v) is 8.56. The topological polar surface area (TPSA) is 93.1 Å². The van der Waals surface area contributed by atoms with Gasteiger partial charge in [-0.05, 0) is 30.3 Å². The number of H-pyrrole nitrogens is 1. The number of nitrogens with one attached hydrogen (secondary N) is 1. The second-order valence-electron chi connectivity index (χ2n) is 6.33. The second kappa shape index (κ2) is 6.99. The van der Waals surface area contributed by atoms with Gasteiger partial charge in [-0.15, -0.1) is 0 Å². The number of hydrogen-bond acceptors (Lipinski definition) is 5. The molecule has 0 aliphatic carbocycles. The van der Waals surface area contributed by atoms with Gasteiger partial charge >= 0.3 is 6.01 Å². The van der Waals surface area contributed by atoms with E-state index in [0.717, 1.165) is 5.69 Å². The van der Waals surface area contributed by atoms with Crippen LogP contribution in [0.1, 0.15) is 10.4 Å². The lowest BCUT2D eigenvalue weighted by molar-refractivity contribution is 0.0827. The quantitative estimate of drug-likeness (QED) is 0.592. The number of aromatic amines is 1. The molecular formula is C20H17N5O3. The van der Waals surface area contributed by atoms with E-state index in [1.54, 1.807) is 43.0 Å². The van der Waals surface area contributed by atoms with Crippen molar-refractivity contribution in [2.24, 2.45) is 0 Å². The Labute approximate surface area is 160 Å². The van der Waals surface area contributed by atoms with E-state index in [2.05, 4.69) is 15.1 Å². The highest BCUT2D eigenvalue weighted by Crippen LogP contribution is 2.21. The Hall–Kier alpha value is -3.94. The number of rotatable bonds is 4. The van der Waals surface area contributed by atoms with Crippen molar-refractivity contribution < 1.29 is 9.53 Å². The Morgan fingerprint density at radius 2 is 1.89 bits per heavy atom. The molecule has 2 aromatic carbocycles. The van der Waals surface area contributed by atoms with E-state index in [9.17, 15) is 9.59 Å². The summed E-state index contributed by atoms with van der Waals surface area (Å²) in [4.78, 5) is 33.0. The van der Waals surface area contributed by atoms with Crippen LogP contribution in [0.25, 0.3) is 16.7 Å². The van der Waals surface area contributed by atoms with Gasteiger partial charge in [0.15, 0.2) is 5.65 Å². The molecule has 0 aliphatic rings. The molecule has 0 saturated heterocycles. The van der Waals surface area contributed by atoms with Crippen molar-refractivity contribution in [3.05, 3.63) is 76.7 Å². The minimum absolute atomic E-state index is 0.0182. The molecule has 0 radical (unpaired) electrons. The number of carbonyl (C=O) groups excluding carboxylic acids is 1. The molecule has 28 heavy (non-hydrogen) atoms. The first-order valence-electron chi connectivity index (χ1n) is 8.56. The molecule has 0 spiro atoms. The van der Waals surface area contributed by atoms with Gasteiger partial charge in [0.1, 0.15) is 11.1 Å². The summed E-state index contributed by atoms with van der Waals surface area (Å²) in [6.45, 7) is 0. The van der Waals surface area contributed by atoms with E-state index in [4.69, 9.17) is 4.74 Å². The fourth-order valence-electron chi connectivity index (χ4n) is 2.77. The van der Waals surface area contributed by atoms with E-state index < -0.39 is 0 Å². The molecule has 2 aromatic heterocycles. The monoisotopic (exact) mass is 375 g/mol. The first-order chi connectivity index (χ1) is 13.5. The predicted molar refractivity (Wildman–Crippen MR) is 104 cm³/mol. The number of fused-ring (bicyclic) bond motifs is 1. The van der Waals surface area contributed by atoms with Crippen LogP contribution in [-0.2, 0) is 0 Å². The van der Waals surface area contributed by atoms with Crippen LogP contribution in [0.5, 0.6) is 11.8 Å². The van der Waals surface area contributed by atoms with Gasteiger partial charge in [0, 0.05) is 19.7 Å². The van der Waals surface area contributed by atoms with Crippen molar-refractivity contribution in [2.75, 3.05) is 14.1 Å². The molecule has 4 rings (SSSR count). The Morgan fingerprint density at radius 3 is 2.64 bits per heavy atom. The van der Waals surface area contributed by atoms with Gasteiger partial charge in [0.05, 0.1) is 11.9 Å². The van der Waals surface area contributed by atoms with Gasteiger partial charge in [0.25, 0.3) is 11.5 Å². The lowest BCUT2D eigenvalue weighted by atomic mass is 10.2. The minimum atomic E-state index is -0.359. The van der Waals surface area contributed by atoms with E-state index in [-0.39, 0.29) is 17.5 Å². The highest BCUT2D eigenvalue weighted by Gasteiger charge is 2.14. The Bertz CT molecular complexity index is 1210. The van der Waals surface area contributed by atoms with Crippen molar-refractivity contribution in [1.82, 2.24) is 24.6 Å². The summed E-state index contributed by atoms with van der Waals surface area (Å²) in [6.07, 6.45) is 1.47. The fourth-order valence-corrected chi connectivity index (χ4v) is 2.77. The van der Waals surface area contributed by atoms with Crippen LogP contribution in [0, 0.1) is 0 Å². The number of carbonyl (C=O) groups is 1. The average Bonchev–Trinajstić information content (AvgIpc) is 3.12. The summed E-state index contributed by atoms with van der Waals surface area (Å²) in [5.74, 6) is 0.241. The summed E-state index contributed by atoms with van der Waals surface area (Å²) >= 11 is 0. The SMILES string of the molecule is CN(C)C(=O)c1cccc(Oc2nc3c(cnn3-c3ccccc3)c(=O)[nH]2)c1. The molecule has 0 saturated carbocycles. The van der Waals surface area contributed by atoms with E-state index in [1.165, 1.54) is 11.1 Å². The standard InChI is InChI=1S/C20H17N5O3/c1-24(2)19(27)13-7-6-10-15(11-13)28-20-22-17-16(18(26)23-20)12-21-25(17)14-8-4-3-5-9-14/h3-12H,1-2H3,(H,22,23,26). The Kier molecular flexibility index (Phi) is 4.36. The number of para-hydroxylation sites is 1. The molecular weight excluding hydrogens is 358 g/mol. The van der Waals surface area contributed by atoms with E-state index in [1.807, 2.05) is 30.3 Å². The van der Waals surface area contributed by atoms with Crippen LogP contribution in [-0.4, -0.2) is 44.7 Å². The molecule has 1 N–H and O–H groups in total. The first kappa shape index (κ1) is 17.5. The van der Waals surface area contributed by atoms with Gasteiger partial charge in [-0.3, -0.25) is 14.6 Å². The maximum Gasteiger partial charge on any atom is 0.304 e. The maximum atomic E-state index is 12.4. The number of ether oxygens (including phenoxy) is 1. The van der Waals surface area contributed by atoms with Gasteiger partial charge < -0.3 is 9.64 Å². The molecule has 1 amide bonds. The van der Waals surface area contributed by atoms with Gasteiger partial charge in [-0.1, -0.05) is 24.3 Å². The molecule has 0 aliphatic heterocycles. The zero-order valence-electron chi connectivity index (χ0n) is 15.3. The van der Waals surface area contributed by atoms with Crippen molar-refractivity contribution in [1.29, 1.82) is 0 Å². The molecule has 140 valence electrons. The normalized spacial score (nSPS) is 10.8. The Balaban J connectivity index is 1.73. The largest absolute Gasteiger partial charge is 0.426 e. The fraction of sp³-hybridized carbons (Fsp3) is 0.100. The molecule has 4 aromatic rings. The zero-order valence-corrected chi connectivity index (χ0v) is 15.3. The highest BCUT2D eigenvalue weighted by molar-refractivity contribution is 5.94. The summed E-state index contributed by atoms with van der Waals surface area (Å²) in [7, 11) is 3.35. The second-order valence-corrected chi connectivity index (χ2v) is 6.33. The molecule has 2 heterocycles. The molecule has 8 heteroatoms. The maximum absolute atomic E-state index is 12.4. The molecule has 0 unspecified atom stereocenters. The van der Waals surface area contributed by atoms with Crippen LogP contribution in [0.3, 0.4) is 0 Å². The third kappa shape index (κ3) is 3.23. The number of nitrogens with zero attached hydrogens (tertiary/aromatic N) is 4. The average molecular weight is 375 g/mol. The highest BCUT2D eigenvalue weighted by atomic mass is 16.5. The smallest absolute Gasteiger partial charge is 0.304 e. The van der Waals surface area contributed by atoms with Gasteiger partial charge in [-0.2, -0.15) is 10.1 Å². The number of amides is 1.